The summed E-state index contributed by atoms with van der Waals surface area (Å²) in [4.78, 5) is 10.9. The van der Waals surface area contributed by atoms with Gasteiger partial charge < -0.3 is 8.98 Å². The van der Waals surface area contributed by atoms with E-state index in [4.69, 9.17) is 14.4 Å². The number of hydrogen-bond donors (Lipinski definition) is 0. The Morgan fingerprint density at radius 3 is 1.70 bits per heavy atom. The zero-order valence-electron chi connectivity index (χ0n) is 30.3. The molecular formula is C52H33N3O. The number of benzene rings is 8. The fourth-order valence-electron chi connectivity index (χ4n) is 8.18. The van der Waals surface area contributed by atoms with Gasteiger partial charge in [0, 0.05) is 33.0 Å². The molecule has 0 atom stereocenters. The lowest BCUT2D eigenvalue weighted by molar-refractivity contribution is 0.669. The van der Waals surface area contributed by atoms with E-state index >= 15 is 0 Å². The summed E-state index contributed by atoms with van der Waals surface area (Å²) in [5.41, 5.74) is 15.5. The highest BCUT2D eigenvalue weighted by atomic mass is 16.3. The lowest BCUT2D eigenvalue weighted by Gasteiger charge is -2.14. The molecule has 262 valence electrons. The van der Waals surface area contributed by atoms with Crippen LogP contribution in [0.1, 0.15) is 0 Å². The fourth-order valence-corrected chi connectivity index (χ4v) is 8.18. The third kappa shape index (κ3) is 5.31. The molecule has 8 aromatic carbocycles. The molecule has 0 N–H and O–H groups in total. The molecule has 0 fully saturated rings. The molecule has 0 saturated heterocycles. The quantitative estimate of drug-likeness (QED) is 0.172. The van der Waals surface area contributed by atoms with E-state index in [1.54, 1.807) is 0 Å². The normalized spacial score (nSPS) is 11.6. The van der Waals surface area contributed by atoms with Gasteiger partial charge in [0.2, 0.25) is 0 Å². The molecule has 0 aliphatic heterocycles. The Morgan fingerprint density at radius 2 is 0.929 bits per heavy atom. The lowest BCUT2D eigenvalue weighted by Crippen LogP contribution is -2.00. The zero-order chi connectivity index (χ0) is 37.0. The summed E-state index contributed by atoms with van der Waals surface area (Å²) in [7, 11) is 0. The Morgan fingerprint density at radius 1 is 0.393 bits per heavy atom. The first kappa shape index (κ1) is 31.9. The van der Waals surface area contributed by atoms with Crippen LogP contribution in [0, 0.1) is 0 Å². The topological polar surface area (TPSA) is 43.9 Å². The standard InChI is InChI=1S/C52H33N3O/c1-3-14-34(15-4-1)35-28-30-36(31-29-35)37-16-11-17-38(32-37)39-18-12-19-40(33-39)49-51-50(42-22-7-9-25-45(42)55(51)41-20-5-2-6-21-41)54-52(53-49)44-24-13-27-47-48(44)43-23-8-10-26-46(43)56-47/h1-33H. The summed E-state index contributed by atoms with van der Waals surface area (Å²) in [5.74, 6) is 0.659. The third-order valence-electron chi connectivity index (χ3n) is 10.8. The van der Waals surface area contributed by atoms with Gasteiger partial charge in [0.15, 0.2) is 5.82 Å². The maximum atomic E-state index is 6.32. The monoisotopic (exact) mass is 715 g/mol. The maximum Gasteiger partial charge on any atom is 0.161 e. The average molecular weight is 716 g/mol. The largest absolute Gasteiger partial charge is 0.456 e. The van der Waals surface area contributed by atoms with Crippen LogP contribution in [0.25, 0.3) is 106 Å². The van der Waals surface area contributed by atoms with Crippen molar-refractivity contribution in [2.24, 2.45) is 0 Å². The SMILES string of the molecule is c1ccc(-c2ccc(-c3cccc(-c4cccc(-c5nc(-c6cccc7oc8ccccc8c67)nc6c7ccccc7n(-c7ccccc7)c56)c4)c3)cc2)cc1. The lowest BCUT2D eigenvalue weighted by atomic mass is 9.96. The van der Waals surface area contributed by atoms with Crippen molar-refractivity contribution in [1.29, 1.82) is 0 Å². The van der Waals surface area contributed by atoms with Crippen LogP contribution in [-0.2, 0) is 0 Å². The Kier molecular flexibility index (Phi) is 7.46. The first-order valence-corrected chi connectivity index (χ1v) is 18.9. The Bertz CT molecular complexity index is 3230. The minimum absolute atomic E-state index is 0.659. The number of hydrogen-bond acceptors (Lipinski definition) is 3. The average Bonchev–Trinajstić information content (AvgIpc) is 3.83. The van der Waals surface area contributed by atoms with E-state index in [1.807, 2.05) is 24.3 Å². The molecule has 0 unspecified atom stereocenters. The van der Waals surface area contributed by atoms with Crippen molar-refractivity contribution in [3.8, 4) is 61.7 Å². The number of furan rings is 1. The second-order valence-corrected chi connectivity index (χ2v) is 14.2. The predicted octanol–water partition coefficient (Wildman–Crippen LogP) is 13.8. The molecule has 4 heteroatoms. The summed E-state index contributed by atoms with van der Waals surface area (Å²) in [5, 5.41) is 3.14. The summed E-state index contributed by atoms with van der Waals surface area (Å²) in [6, 6.07) is 70.3. The summed E-state index contributed by atoms with van der Waals surface area (Å²) in [6.45, 7) is 0. The van der Waals surface area contributed by atoms with E-state index < -0.39 is 0 Å². The van der Waals surface area contributed by atoms with Crippen molar-refractivity contribution >= 4 is 43.9 Å². The van der Waals surface area contributed by atoms with Gasteiger partial charge in [-0.2, -0.15) is 0 Å². The van der Waals surface area contributed by atoms with E-state index in [0.29, 0.717) is 5.82 Å². The van der Waals surface area contributed by atoms with Gasteiger partial charge in [-0.15, -0.1) is 0 Å². The number of fused-ring (bicyclic) bond motifs is 6. The molecule has 0 aliphatic carbocycles. The smallest absolute Gasteiger partial charge is 0.161 e. The Labute approximate surface area is 323 Å². The van der Waals surface area contributed by atoms with Crippen LogP contribution >= 0.6 is 0 Å². The van der Waals surface area contributed by atoms with Crippen LogP contribution in [0.3, 0.4) is 0 Å². The van der Waals surface area contributed by atoms with Gasteiger partial charge in [0.1, 0.15) is 16.7 Å². The van der Waals surface area contributed by atoms with Gasteiger partial charge >= 0.3 is 0 Å². The van der Waals surface area contributed by atoms with Crippen LogP contribution in [0.2, 0.25) is 0 Å². The van der Waals surface area contributed by atoms with E-state index in [0.717, 1.165) is 77.5 Å². The van der Waals surface area contributed by atoms with Gasteiger partial charge in [0.05, 0.1) is 16.7 Å². The molecule has 3 heterocycles. The molecule has 0 bridgehead atoms. The maximum absolute atomic E-state index is 6.32. The van der Waals surface area contributed by atoms with E-state index in [2.05, 4.69) is 180 Å². The number of nitrogens with zero attached hydrogens (tertiary/aromatic N) is 3. The predicted molar refractivity (Wildman–Crippen MR) is 231 cm³/mol. The van der Waals surface area contributed by atoms with E-state index in [-0.39, 0.29) is 0 Å². The van der Waals surface area contributed by atoms with Gasteiger partial charge in [0.25, 0.3) is 0 Å². The van der Waals surface area contributed by atoms with Crippen LogP contribution in [0.15, 0.2) is 205 Å². The van der Waals surface area contributed by atoms with Crippen molar-refractivity contribution in [3.05, 3.63) is 200 Å². The molecule has 0 saturated carbocycles. The molecule has 0 radical (unpaired) electrons. The van der Waals surface area contributed by atoms with Crippen molar-refractivity contribution < 1.29 is 4.42 Å². The summed E-state index contributed by atoms with van der Waals surface area (Å²) < 4.78 is 8.63. The highest BCUT2D eigenvalue weighted by molar-refractivity contribution is 6.14. The molecule has 11 aromatic rings. The molecule has 3 aromatic heterocycles. The summed E-state index contributed by atoms with van der Waals surface area (Å²) >= 11 is 0. The van der Waals surface area contributed by atoms with Crippen LogP contribution in [0.4, 0.5) is 0 Å². The highest BCUT2D eigenvalue weighted by Gasteiger charge is 2.23. The molecule has 0 amide bonds. The minimum Gasteiger partial charge on any atom is -0.456 e. The van der Waals surface area contributed by atoms with E-state index in [1.165, 1.54) is 22.3 Å². The van der Waals surface area contributed by atoms with Gasteiger partial charge in [-0.25, -0.2) is 9.97 Å². The number of aromatic nitrogens is 3. The van der Waals surface area contributed by atoms with Gasteiger partial charge in [-0.3, -0.25) is 0 Å². The molecular weight excluding hydrogens is 683 g/mol. The van der Waals surface area contributed by atoms with E-state index in [9.17, 15) is 0 Å². The first-order chi connectivity index (χ1) is 27.8. The molecule has 4 nitrogen and oxygen atoms in total. The highest BCUT2D eigenvalue weighted by Crippen LogP contribution is 2.41. The zero-order valence-corrected chi connectivity index (χ0v) is 30.3. The van der Waals surface area contributed by atoms with Gasteiger partial charge in [-0.05, 0) is 75.8 Å². The van der Waals surface area contributed by atoms with Crippen molar-refractivity contribution in [1.82, 2.24) is 14.5 Å². The van der Waals surface area contributed by atoms with Crippen LogP contribution in [0.5, 0.6) is 0 Å². The first-order valence-electron chi connectivity index (χ1n) is 18.9. The molecule has 0 spiro atoms. The number of para-hydroxylation sites is 3. The summed E-state index contributed by atoms with van der Waals surface area (Å²) in [6.07, 6.45) is 0. The van der Waals surface area contributed by atoms with Gasteiger partial charge in [-0.1, -0.05) is 158 Å². The number of rotatable bonds is 6. The Hall–Kier alpha value is -7.56. The van der Waals surface area contributed by atoms with Crippen LogP contribution in [-0.4, -0.2) is 14.5 Å². The molecule has 56 heavy (non-hydrogen) atoms. The van der Waals surface area contributed by atoms with Crippen molar-refractivity contribution in [2.75, 3.05) is 0 Å². The minimum atomic E-state index is 0.659. The second kappa shape index (κ2) is 13.1. The third-order valence-corrected chi connectivity index (χ3v) is 10.8. The fraction of sp³-hybridized carbons (Fsp3) is 0. The van der Waals surface area contributed by atoms with Crippen LogP contribution < -0.4 is 0 Å². The Balaban J connectivity index is 1.11. The second-order valence-electron chi connectivity index (χ2n) is 14.2. The molecule has 0 aliphatic rings. The van der Waals surface area contributed by atoms with Crippen molar-refractivity contribution in [3.63, 3.8) is 0 Å². The van der Waals surface area contributed by atoms with Crippen molar-refractivity contribution in [2.45, 2.75) is 0 Å². The molecule has 11 rings (SSSR count).